The second kappa shape index (κ2) is 6.26. The molecule has 0 radical (unpaired) electrons. The lowest BCUT2D eigenvalue weighted by Crippen LogP contribution is -1.99. The first-order chi connectivity index (χ1) is 8.79. The Morgan fingerprint density at radius 2 is 1.94 bits per heavy atom. The van der Waals surface area contributed by atoms with Crippen molar-refractivity contribution in [1.29, 1.82) is 0 Å². The molecule has 0 spiro atoms. The lowest BCUT2D eigenvalue weighted by molar-refractivity contribution is 0.263. The van der Waals surface area contributed by atoms with Crippen LogP contribution in [0.5, 0.6) is 11.5 Å². The predicted octanol–water partition coefficient (Wildman–Crippen LogP) is 3.09. The van der Waals surface area contributed by atoms with Crippen molar-refractivity contribution in [1.82, 2.24) is 4.98 Å². The van der Waals surface area contributed by atoms with Gasteiger partial charge in [0.15, 0.2) is 16.6 Å². The summed E-state index contributed by atoms with van der Waals surface area (Å²) in [7, 11) is 0. The van der Waals surface area contributed by atoms with Crippen LogP contribution in [0.3, 0.4) is 0 Å². The molecule has 5 heteroatoms. The monoisotopic (exact) mass is 264 g/mol. The average Bonchev–Trinajstić information content (AvgIpc) is 2.81. The van der Waals surface area contributed by atoms with E-state index in [0.29, 0.717) is 18.3 Å². The van der Waals surface area contributed by atoms with Crippen molar-refractivity contribution in [2.24, 2.45) is 0 Å². The van der Waals surface area contributed by atoms with Gasteiger partial charge in [-0.2, -0.15) is 0 Å². The molecular formula is C13H16N2O2S. The van der Waals surface area contributed by atoms with Gasteiger partial charge in [0.25, 0.3) is 0 Å². The fourth-order valence-electron chi connectivity index (χ4n) is 1.44. The van der Waals surface area contributed by atoms with E-state index in [-0.39, 0.29) is 0 Å². The van der Waals surface area contributed by atoms with Crippen LogP contribution in [0.25, 0.3) is 0 Å². The standard InChI is InChI=1S/C13H16N2O2S/c1-2-7-16-11-5-3-4-6-12(11)17-9-10-8-15-13(14)18-10/h3-6,8H,2,7,9H2,1H3,(H2,14,15). The van der Waals surface area contributed by atoms with Gasteiger partial charge >= 0.3 is 0 Å². The first-order valence-corrected chi connectivity index (χ1v) is 6.66. The summed E-state index contributed by atoms with van der Waals surface area (Å²) in [6.07, 6.45) is 2.70. The molecule has 1 aromatic heterocycles. The summed E-state index contributed by atoms with van der Waals surface area (Å²) in [5, 5.41) is 0.559. The highest BCUT2D eigenvalue weighted by atomic mass is 32.1. The number of nitrogens with zero attached hydrogens (tertiary/aromatic N) is 1. The topological polar surface area (TPSA) is 57.4 Å². The van der Waals surface area contributed by atoms with E-state index >= 15 is 0 Å². The Labute approximate surface area is 110 Å². The first-order valence-electron chi connectivity index (χ1n) is 5.84. The molecule has 1 heterocycles. The molecule has 2 rings (SSSR count). The van der Waals surface area contributed by atoms with Crippen LogP contribution in [0.2, 0.25) is 0 Å². The number of hydrogen-bond acceptors (Lipinski definition) is 5. The van der Waals surface area contributed by atoms with E-state index in [1.54, 1.807) is 6.20 Å². The average molecular weight is 264 g/mol. The molecule has 0 aliphatic rings. The SMILES string of the molecule is CCCOc1ccccc1OCc1cnc(N)s1. The van der Waals surface area contributed by atoms with Crippen LogP contribution in [0.4, 0.5) is 5.13 Å². The summed E-state index contributed by atoms with van der Waals surface area (Å²) in [6, 6.07) is 7.67. The Hall–Kier alpha value is -1.75. The highest BCUT2D eigenvalue weighted by Crippen LogP contribution is 2.28. The van der Waals surface area contributed by atoms with Crippen LogP contribution in [0, 0.1) is 0 Å². The molecule has 0 unspecified atom stereocenters. The van der Waals surface area contributed by atoms with Gasteiger partial charge in [-0.3, -0.25) is 0 Å². The van der Waals surface area contributed by atoms with E-state index in [9.17, 15) is 0 Å². The van der Waals surface area contributed by atoms with Gasteiger partial charge in [0.2, 0.25) is 0 Å². The van der Waals surface area contributed by atoms with Crippen molar-refractivity contribution >= 4 is 16.5 Å². The Balaban J connectivity index is 1.99. The minimum atomic E-state index is 0.460. The molecule has 0 saturated carbocycles. The van der Waals surface area contributed by atoms with Gasteiger partial charge in [-0.15, -0.1) is 0 Å². The van der Waals surface area contributed by atoms with Crippen molar-refractivity contribution < 1.29 is 9.47 Å². The van der Waals surface area contributed by atoms with Crippen molar-refractivity contribution in [2.45, 2.75) is 20.0 Å². The maximum atomic E-state index is 5.72. The van der Waals surface area contributed by atoms with Crippen molar-refractivity contribution in [3.63, 3.8) is 0 Å². The second-order valence-corrected chi connectivity index (χ2v) is 4.90. The largest absolute Gasteiger partial charge is 0.490 e. The molecule has 2 aromatic rings. The highest BCUT2D eigenvalue weighted by molar-refractivity contribution is 7.15. The maximum Gasteiger partial charge on any atom is 0.180 e. The lowest BCUT2D eigenvalue weighted by atomic mass is 10.3. The Kier molecular flexibility index (Phi) is 4.41. The van der Waals surface area contributed by atoms with Gasteiger partial charge in [-0.1, -0.05) is 30.4 Å². The van der Waals surface area contributed by atoms with Crippen LogP contribution in [0.1, 0.15) is 18.2 Å². The van der Waals surface area contributed by atoms with E-state index in [1.165, 1.54) is 11.3 Å². The van der Waals surface area contributed by atoms with Gasteiger partial charge in [0, 0.05) is 6.20 Å². The van der Waals surface area contributed by atoms with E-state index in [0.717, 1.165) is 22.8 Å². The summed E-state index contributed by atoms with van der Waals surface area (Å²) < 4.78 is 11.3. The number of aromatic nitrogens is 1. The molecule has 2 N–H and O–H groups in total. The van der Waals surface area contributed by atoms with Crippen molar-refractivity contribution in [3.8, 4) is 11.5 Å². The minimum absolute atomic E-state index is 0.460. The van der Waals surface area contributed by atoms with Crippen LogP contribution in [0.15, 0.2) is 30.5 Å². The highest BCUT2D eigenvalue weighted by Gasteiger charge is 2.05. The summed E-state index contributed by atoms with van der Waals surface area (Å²) in [6.45, 7) is 3.22. The van der Waals surface area contributed by atoms with Gasteiger partial charge in [-0.25, -0.2) is 4.98 Å². The van der Waals surface area contributed by atoms with E-state index in [1.807, 2.05) is 24.3 Å². The Morgan fingerprint density at radius 3 is 2.56 bits per heavy atom. The fourth-order valence-corrected chi connectivity index (χ4v) is 2.04. The molecule has 0 amide bonds. The Bertz CT molecular complexity index is 499. The quantitative estimate of drug-likeness (QED) is 0.871. The zero-order valence-electron chi connectivity index (χ0n) is 10.3. The number of ether oxygens (including phenoxy) is 2. The zero-order valence-corrected chi connectivity index (χ0v) is 11.1. The number of thiazole rings is 1. The number of hydrogen-bond donors (Lipinski definition) is 1. The zero-order chi connectivity index (χ0) is 12.8. The van der Waals surface area contributed by atoms with Crippen LogP contribution in [-0.4, -0.2) is 11.6 Å². The summed E-state index contributed by atoms with van der Waals surface area (Å²) in [5.41, 5.74) is 5.57. The molecule has 0 atom stereocenters. The predicted molar refractivity (Wildman–Crippen MR) is 73.1 cm³/mol. The number of anilines is 1. The number of benzene rings is 1. The minimum Gasteiger partial charge on any atom is -0.490 e. The number of nitrogen functional groups attached to an aromatic ring is 1. The number of rotatable bonds is 6. The molecular weight excluding hydrogens is 248 g/mol. The van der Waals surface area contributed by atoms with E-state index in [2.05, 4.69) is 11.9 Å². The number of nitrogens with two attached hydrogens (primary N) is 1. The molecule has 0 aliphatic carbocycles. The van der Waals surface area contributed by atoms with Crippen LogP contribution >= 0.6 is 11.3 Å². The molecule has 0 bridgehead atoms. The van der Waals surface area contributed by atoms with E-state index in [4.69, 9.17) is 15.2 Å². The summed E-state index contributed by atoms with van der Waals surface area (Å²) in [4.78, 5) is 4.98. The molecule has 1 aromatic carbocycles. The first kappa shape index (κ1) is 12.7. The van der Waals surface area contributed by atoms with E-state index < -0.39 is 0 Å². The summed E-state index contributed by atoms with van der Waals surface area (Å²) >= 11 is 1.43. The summed E-state index contributed by atoms with van der Waals surface area (Å²) in [5.74, 6) is 1.52. The molecule has 4 nitrogen and oxygen atoms in total. The maximum absolute atomic E-state index is 5.72. The fraction of sp³-hybridized carbons (Fsp3) is 0.308. The van der Waals surface area contributed by atoms with Gasteiger partial charge in [-0.05, 0) is 18.6 Å². The second-order valence-electron chi connectivity index (χ2n) is 3.75. The normalized spacial score (nSPS) is 10.3. The molecule has 18 heavy (non-hydrogen) atoms. The van der Waals surface area contributed by atoms with Gasteiger partial charge in [0.1, 0.15) is 6.61 Å². The van der Waals surface area contributed by atoms with Crippen molar-refractivity contribution in [2.75, 3.05) is 12.3 Å². The third-order valence-electron chi connectivity index (χ3n) is 2.25. The van der Waals surface area contributed by atoms with Crippen LogP contribution < -0.4 is 15.2 Å². The molecule has 0 aliphatic heterocycles. The molecule has 0 saturated heterocycles. The molecule has 96 valence electrons. The third kappa shape index (κ3) is 3.37. The van der Waals surface area contributed by atoms with Crippen LogP contribution in [-0.2, 0) is 6.61 Å². The number of para-hydroxylation sites is 2. The van der Waals surface area contributed by atoms with Gasteiger partial charge in [0.05, 0.1) is 11.5 Å². The smallest absolute Gasteiger partial charge is 0.180 e. The third-order valence-corrected chi connectivity index (χ3v) is 3.05. The lowest BCUT2D eigenvalue weighted by Gasteiger charge is -2.11. The van der Waals surface area contributed by atoms with Gasteiger partial charge < -0.3 is 15.2 Å². The van der Waals surface area contributed by atoms with Crippen molar-refractivity contribution in [3.05, 3.63) is 35.3 Å². The molecule has 0 fully saturated rings. The Morgan fingerprint density at radius 1 is 1.22 bits per heavy atom.